The lowest BCUT2D eigenvalue weighted by Gasteiger charge is -2.28. The molecule has 1 rings (SSSR count). The van der Waals surface area contributed by atoms with Crippen LogP contribution in [0.4, 0.5) is 0 Å². The van der Waals surface area contributed by atoms with Crippen LogP contribution in [0.1, 0.15) is 34.6 Å². The van der Waals surface area contributed by atoms with Gasteiger partial charge in [0.15, 0.2) is 0 Å². The summed E-state index contributed by atoms with van der Waals surface area (Å²) in [7, 11) is 0. The third-order valence-corrected chi connectivity index (χ3v) is 3.48. The molecule has 2 N–H and O–H groups in total. The second-order valence-corrected chi connectivity index (χ2v) is 6.90. The molecule has 0 aromatic heterocycles. The van der Waals surface area contributed by atoms with Crippen molar-refractivity contribution in [2.45, 2.75) is 50.9 Å². The fourth-order valence-electron chi connectivity index (χ4n) is 1.49. The molecule has 0 aliphatic carbocycles. The fraction of sp³-hybridized carbons (Fsp3) is 0.900. The summed E-state index contributed by atoms with van der Waals surface area (Å²) >= 11 is 1.79. The van der Waals surface area contributed by atoms with E-state index in [0.717, 1.165) is 5.88 Å². The summed E-state index contributed by atoms with van der Waals surface area (Å²) < 4.78 is -0.00463. The van der Waals surface area contributed by atoms with Gasteiger partial charge in [-0.3, -0.25) is 10.1 Å². The Hall–Kier alpha value is -0.220. The Balaban J connectivity index is 2.62. The second kappa shape index (κ2) is 3.74. The molecule has 0 aromatic rings. The first-order valence-corrected chi connectivity index (χ1v) is 5.90. The zero-order valence-corrected chi connectivity index (χ0v) is 10.4. The molecule has 1 atom stereocenters. The Morgan fingerprint density at radius 2 is 2.07 bits per heavy atom. The van der Waals surface area contributed by atoms with Crippen LogP contribution in [0, 0.1) is 0 Å². The van der Waals surface area contributed by atoms with E-state index in [1.807, 2.05) is 20.8 Å². The number of carbonyl (C=O) groups excluding carboxylic acids is 1. The highest BCUT2D eigenvalue weighted by Crippen LogP contribution is 2.33. The van der Waals surface area contributed by atoms with Gasteiger partial charge < -0.3 is 5.32 Å². The normalized spacial score (nSPS) is 26.2. The molecule has 0 saturated carbocycles. The minimum atomic E-state index is -0.151. The first-order valence-electron chi connectivity index (χ1n) is 4.92. The molecule has 82 valence electrons. The third-order valence-electron chi connectivity index (χ3n) is 2.19. The van der Waals surface area contributed by atoms with Crippen molar-refractivity contribution in [3.8, 4) is 0 Å². The van der Waals surface area contributed by atoms with Crippen LogP contribution < -0.4 is 10.6 Å². The second-order valence-electron chi connectivity index (χ2n) is 5.27. The van der Waals surface area contributed by atoms with Crippen molar-refractivity contribution in [3.63, 3.8) is 0 Å². The monoisotopic (exact) mass is 216 g/mol. The van der Waals surface area contributed by atoms with E-state index in [2.05, 4.69) is 24.5 Å². The van der Waals surface area contributed by atoms with Crippen molar-refractivity contribution in [2.24, 2.45) is 0 Å². The molecule has 4 heteroatoms. The van der Waals surface area contributed by atoms with Gasteiger partial charge in [-0.1, -0.05) is 0 Å². The number of carbonyl (C=O) groups is 1. The molecule has 1 fully saturated rings. The zero-order chi connectivity index (χ0) is 11.0. The summed E-state index contributed by atoms with van der Waals surface area (Å²) in [6.07, 6.45) is 0. The van der Waals surface area contributed by atoms with Crippen LogP contribution in [0.3, 0.4) is 0 Å². The molecular weight excluding hydrogens is 196 g/mol. The van der Waals surface area contributed by atoms with E-state index in [9.17, 15) is 4.79 Å². The van der Waals surface area contributed by atoms with Crippen LogP contribution in [0.15, 0.2) is 0 Å². The lowest BCUT2D eigenvalue weighted by molar-refractivity contribution is -0.124. The minimum absolute atomic E-state index is 0.00463. The Morgan fingerprint density at radius 3 is 2.43 bits per heavy atom. The summed E-state index contributed by atoms with van der Waals surface area (Å²) in [5, 5.41) is 6.22. The first kappa shape index (κ1) is 11.9. The summed E-state index contributed by atoms with van der Waals surface area (Å²) in [5.74, 6) is 0.961. The molecule has 1 heterocycles. The largest absolute Gasteiger partial charge is 0.350 e. The van der Waals surface area contributed by atoms with Gasteiger partial charge >= 0.3 is 0 Å². The zero-order valence-electron chi connectivity index (χ0n) is 9.60. The van der Waals surface area contributed by atoms with Crippen molar-refractivity contribution in [1.82, 2.24) is 10.6 Å². The molecule has 0 bridgehead atoms. The fourth-order valence-corrected chi connectivity index (χ4v) is 2.47. The average molecular weight is 216 g/mol. The van der Waals surface area contributed by atoms with Gasteiger partial charge in [0.1, 0.15) is 6.04 Å². The molecule has 0 spiro atoms. The van der Waals surface area contributed by atoms with E-state index in [0.29, 0.717) is 0 Å². The summed E-state index contributed by atoms with van der Waals surface area (Å²) in [4.78, 5) is 11.9. The van der Waals surface area contributed by atoms with Gasteiger partial charge in [-0.2, -0.15) is 0 Å². The van der Waals surface area contributed by atoms with E-state index < -0.39 is 0 Å². The van der Waals surface area contributed by atoms with E-state index in [-0.39, 0.29) is 22.2 Å². The SMILES string of the molecule is CC(C)(C)NC(=O)[C@H]1NCSC1(C)C. The van der Waals surface area contributed by atoms with Crippen LogP contribution in [0.25, 0.3) is 0 Å². The average Bonchev–Trinajstić information content (AvgIpc) is 2.25. The van der Waals surface area contributed by atoms with Gasteiger partial charge in [-0.25, -0.2) is 0 Å². The predicted molar refractivity (Wildman–Crippen MR) is 61.4 cm³/mol. The molecule has 0 aromatic carbocycles. The molecular formula is C10H20N2OS. The van der Waals surface area contributed by atoms with Gasteiger partial charge in [-0.05, 0) is 34.6 Å². The van der Waals surface area contributed by atoms with Crippen molar-refractivity contribution < 1.29 is 4.79 Å². The summed E-state index contributed by atoms with van der Waals surface area (Å²) in [6.45, 7) is 10.2. The van der Waals surface area contributed by atoms with Gasteiger partial charge in [0.2, 0.25) is 5.91 Å². The highest BCUT2D eigenvalue weighted by Gasteiger charge is 2.40. The number of hydrogen-bond acceptors (Lipinski definition) is 3. The van der Waals surface area contributed by atoms with Crippen LogP contribution in [0.2, 0.25) is 0 Å². The van der Waals surface area contributed by atoms with Gasteiger partial charge in [0, 0.05) is 16.2 Å². The molecule has 0 radical (unpaired) electrons. The lowest BCUT2D eigenvalue weighted by atomic mass is 10.0. The number of nitrogens with one attached hydrogen (secondary N) is 2. The van der Waals surface area contributed by atoms with Gasteiger partial charge in [0.25, 0.3) is 0 Å². The maximum atomic E-state index is 11.9. The van der Waals surface area contributed by atoms with Crippen molar-refractivity contribution in [1.29, 1.82) is 0 Å². The van der Waals surface area contributed by atoms with Gasteiger partial charge in [0.05, 0.1) is 0 Å². The highest BCUT2D eigenvalue weighted by molar-refractivity contribution is 8.00. The Kier molecular flexibility index (Phi) is 3.17. The van der Waals surface area contributed by atoms with E-state index >= 15 is 0 Å². The first-order chi connectivity index (χ1) is 6.22. The number of thioether (sulfide) groups is 1. The number of amides is 1. The van der Waals surface area contributed by atoms with Crippen LogP contribution in [0.5, 0.6) is 0 Å². The molecule has 1 aliphatic rings. The molecule has 1 amide bonds. The van der Waals surface area contributed by atoms with Crippen LogP contribution >= 0.6 is 11.8 Å². The van der Waals surface area contributed by atoms with E-state index in [1.165, 1.54) is 0 Å². The molecule has 3 nitrogen and oxygen atoms in total. The Bertz CT molecular complexity index is 233. The lowest BCUT2D eigenvalue weighted by Crippen LogP contribution is -2.54. The van der Waals surface area contributed by atoms with Crippen LogP contribution in [-0.4, -0.2) is 28.1 Å². The minimum Gasteiger partial charge on any atom is -0.350 e. The number of rotatable bonds is 1. The quantitative estimate of drug-likeness (QED) is 0.695. The van der Waals surface area contributed by atoms with Crippen molar-refractivity contribution >= 4 is 17.7 Å². The molecule has 1 saturated heterocycles. The van der Waals surface area contributed by atoms with E-state index in [1.54, 1.807) is 11.8 Å². The van der Waals surface area contributed by atoms with E-state index in [4.69, 9.17) is 0 Å². The summed E-state index contributed by atoms with van der Waals surface area (Å²) in [6, 6.07) is -0.0771. The predicted octanol–water partition coefficient (Wildman–Crippen LogP) is 1.34. The molecule has 0 unspecified atom stereocenters. The maximum absolute atomic E-state index is 11.9. The maximum Gasteiger partial charge on any atom is 0.238 e. The highest BCUT2D eigenvalue weighted by atomic mass is 32.2. The topological polar surface area (TPSA) is 41.1 Å². The third kappa shape index (κ3) is 2.89. The summed E-state index contributed by atoms with van der Waals surface area (Å²) in [5.41, 5.74) is -0.151. The van der Waals surface area contributed by atoms with Crippen molar-refractivity contribution in [2.75, 3.05) is 5.88 Å². The Morgan fingerprint density at radius 1 is 1.50 bits per heavy atom. The molecule has 1 aliphatic heterocycles. The smallest absolute Gasteiger partial charge is 0.238 e. The van der Waals surface area contributed by atoms with Gasteiger partial charge in [-0.15, -0.1) is 11.8 Å². The van der Waals surface area contributed by atoms with Crippen molar-refractivity contribution in [3.05, 3.63) is 0 Å². The standard InChI is InChI=1S/C10H20N2OS/c1-9(2,3)12-8(13)7-10(4,5)14-6-11-7/h7,11H,6H2,1-5H3,(H,12,13)/t7-/m1/s1. The number of hydrogen-bond donors (Lipinski definition) is 2. The molecule has 14 heavy (non-hydrogen) atoms. The van der Waals surface area contributed by atoms with Crippen LogP contribution in [-0.2, 0) is 4.79 Å². The Labute approximate surface area is 90.4 Å².